The van der Waals surface area contributed by atoms with Crippen LogP contribution in [0.5, 0.6) is 0 Å². The summed E-state index contributed by atoms with van der Waals surface area (Å²) in [6.07, 6.45) is 1.36. The molecule has 0 spiro atoms. The van der Waals surface area contributed by atoms with Crippen LogP contribution in [0.3, 0.4) is 0 Å². The summed E-state index contributed by atoms with van der Waals surface area (Å²) in [5.41, 5.74) is 6.71. The van der Waals surface area contributed by atoms with Crippen molar-refractivity contribution in [3.63, 3.8) is 0 Å². The van der Waals surface area contributed by atoms with Crippen molar-refractivity contribution in [2.45, 2.75) is 0 Å². The highest BCUT2D eigenvalue weighted by molar-refractivity contribution is 5.94. The number of hydrogen-bond donors (Lipinski definition) is 2. The fourth-order valence-corrected chi connectivity index (χ4v) is 1.61. The van der Waals surface area contributed by atoms with Crippen molar-refractivity contribution in [1.29, 1.82) is 0 Å². The van der Waals surface area contributed by atoms with Crippen LogP contribution in [0.2, 0.25) is 0 Å². The summed E-state index contributed by atoms with van der Waals surface area (Å²) in [6, 6.07) is 11.0. The maximum atomic E-state index is 11.0. The lowest BCUT2D eigenvalue weighted by molar-refractivity contribution is 0.0698. The lowest BCUT2D eigenvalue weighted by Crippen LogP contribution is -2.13. The van der Waals surface area contributed by atoms with E-state index in [9.17, 15) is 4.79 Å². The van der Waals surface area contributed by atoms with Gasteiger partial charge in [-0.25, -0.2) is 9.78 Å². The second kappa shape index (κ2) is 4.75. The Balaban J connectivity index is 2.40. The number of aromatic nitrogens is 1. The lowest BCUT2D eigenvalue weighted by Gasteiger charge is -2.18. The summed E-state index contributed by atoms with van der Waals surface area (Å²) in [4.78, 5) is 16.9. The van der Waals surface area contributed by atoms with E-state index in [1.807, 2.05) is 37.4 Å². The molecule has 0 aliphatic rings. The number of carboxylic acid groups (broad SMARTS) is 1. The van der Waals surface area contributed by atoms with Crippen molar-refractivity contribution >= 4 is 23.2 Å². The van der Waals surface area contributed by atoms with Gasteiger partial charge in [-0.15, -0.1) is 0 Å². The minimum Gasteiger partial charge on any atom is -0.478 e. The molecule has 5 heteroatoms. The fraction of sp³-hybridized carbons (Fsp3) is 0.0769. The van der Waals surface area contributed by atoms with Crippen LogP contribution in [0, 0.1) is 0 Å². The number of pyridine rings is 1. The van der Waals surface area contributed by atoms with Crippen molar-refractivity contribution in [2.24, 2.45) is 0 Å². The molecule has 3 N–H and O–H groups in total. The number of nitrogens with two attached hydrogens (primary N) is 1. The van der Waals surface area contributed by atoms with Crippen LogP contribution in [-0.4, -0.2) is 23.1 Å². The minimum atomic E-state index is -1.06. The molecule has 0 radical (unpaired) electrons. The van der Waals surface area contributed by atoms with E-state index in [1.165, 1.54) is 12.3 Å². The summed E-state index contributed by atoms with van der Waals surface area (Å²) in [5.74, 6) is -0.523. The van der Waals surface area contributed by atoms with E-state index < -0.39 is 5.97 Å². The van der Waals surface area contributed by atoms with Gasteiger partial charge in [0.05, 0.1) is 17.4 Å². The van der Waals surface area contributed by atoms with Gasteiger partial charge in [0.1, 0.15) is 5.82 Å². The van der Waals surface area contributed by atoms with Crippen molar-refractivity contribution in [3.05, 3.63) is 48.2 Å². The first-order chi connectivity index (χ1) is 8.59. The minimum absolute atomic E-state index is 0.0581. The van der Waals surface area contributed by atoms with E-state index in [2.05, 4.69) is 4.98 Å². The van der Waals surface area contributed by atoms with Crippen LogP contribution in [0.15, 0.2) is 42.6 Å². The van der Waals surface area contributed by atoms with Crippen molar-refractivity contribution in [1.82, 2.24) is 4.98 Å². The van der Waals surface area contributed by atoms with Gasteiger partial charge in [0.15, 0.2) is 0 Å². The standard InChI is InChI=1S/C13H13N3O2/c1-16(9-5-3-2-4-6-9)12-7-10(13(17)18)11(14)8-15-12/h2-8H,14H2,1H3,(H,17,18). The number of hydrogen-bond acceptors (Lipinski definition) is 4. The average Bonchev–Trinajstić information content (AvgIpc) is 2.39. The molecule has 0 bridgehead atoms. The number of benzene rings is 1. The molecule has 2 rings (SSSR count). The third kappa shape index (κ3) is 2.24. The second-order valence-electron chi connectivity index (χ2n) is 3.83. The Hall–Kier alpha value is -2.56. The monoisotopic (exact) mass is 243 g/mol. The van der Waals surface area contributed by atoms with Gasteiger partial charge < -0.3 is 15.7 Å². The first kappa shape index (κ1) is 11.9. The molecule has 1 heterocycles. The smallest absolute Gasteiger partial charge is 0.337 e. The zero-order chi connectivity index (χ0) is 13.1. The van der Waals surface area contributed by atoms with Gasteiger partial charge in [0, 0.05) is 12.7 Å². The zero-order valence-corrected chi connectivity index (χ0v) is 9.87. The number of nitrogens with zero attached hydrogens (tertiary/aromatic N) is 2. The van der Waals surface area contributed by atoms with E-state index in [-0.39, 0.29) is 11.3 Å². The molecular formula is C13H13N3O2. The molecule has 0 amide bonds. The molecule has 0 saturated heterocycles. The van der Waals surface area contributed by atoms with Gasteiger partial charge in [-0.1, -0.05) is 18.2 Å². The average molecular weight is 243 g/mol. The zero-order valence-electron chi connectivity index (χ0n) is 9.87. The SMILES string of the molecule is CN(c1ccccc1)c1cc(C(=O)O)c(N)cn1. The molecule has 0 atom stereocenters. The summed E-state index contributed by atoms with van der Waals surface area (Å²) >= 11 is 0. The molecule has 0 aliphatic heterocycles. The molecule has 1 aromatic heterocycles. The largest absolute Gasteiger partial charge is 0.478 e. The second-order valence-corrected chi connectivity index (χ2v) is 3.83. The van der Waals surface area contributed by atoms with E-state index in [0.717, 1.165) is 5.69 Å². The van der Waals surface area contributed by atoms with Gasteiger partial charge in [-0.05, 0) is 18.2 Å². The molecule has 5 nitrogen and oxygen atoms in total. The van der Waals surface area contributed by atoms with Crippen LogP contribution >= 0.6 is 0 Å². The Morgan fingerprint density at radius 2 is 2.00 bits per heavy atom. The summed E-state index contributed by atoms with van der Waals surface area (Å²) < 4.78 is 0. The van der Waals surface area contributed by atoms with E-state index in [1.54, 1.807) is 4.90 Å². The summed E-state index contributed by atoms with van der Waals surface area (Å²) in [7, 11) is 1.82. The molecule has 18 heavy (non-hydrogen) atoms. The number of carbonyl (C=O) groups is 1. The molecule has 0 aliphatic carbocycles. The fourth-order valence-electron chi connectivity index (χ4n) is 1.61. The topological polar surface area (TPSA) is 79.5 Å². The van der Waals surface area contributed by atoms with E-state index in [4.69, 9.17) is 10.8 Å². The van der Waals surface area contributed by atoms with Gasteiger partial charge >= 0.3 is 5.97 Å². The summed E-state index contributed by atoms with van der Waals surface area (Å²) in [6.45, 7) is 0. The highest BCUT2D eigenvalue weighted by Crippen LogP contribution is 2.23. The van der Waals surface area contributed by atoms with Crippen LogP contribution < -0.4 is 10.6 Å². The number of anilines is 3. The van der Waals surface area contributed by atoms with Crippen molar-refractivity contribution in [3.8, 4) is 0 Å². The van der Waals surface area contributed by atoms with E-state index >= 15 is 0 Å². The highest BCUT2D eigenvalue weighted by atomic mass is 16.4. The maximum absolute atomic E-state index is 11.0. The number of para-hydroxylation sites is 1. The summed E-state index contributed by atoms with van der Waals surface area (Å²) in [5, 5.41) is 9.02. The predicted molar refractivity (Wildman–Crippen MR) is 70.1 cm³/mol. The molecule has 2 aromatic rings. The first-order valence-electron chi connectivity index (χ1n) is 5.37. The van der Waals surface area contributed by atoms with Crippen LogP contribution in [-0.2, 0) is 0 Å². The van der Waals surface area contributed by atoms with Crippen molar-refractivity contribution < 1.29 is 9.90 Å². The Kier molecular flexibility index (Phi) is 3.14. The van der Waals surface area contributed by atoms with Crippen LogP contribution in [0.1, 0.15) is 10.4 Å². The third-order valence-electron chi connectivity index (χ3n) is 2.64. The maximum Gasteiger partial charge on any atom is 0.337 e. The molecule has 92 valence electrons. The predicted octanol–water partition coefficient (Wildman–Crippen LogP) is 2.13. The number of aromatic carboxylic acids is 1. The number of carboxylic acids is 1. The lowest BCUT2D eigenvalue weighted by atomic mass is 10.2. The van der Waals surface area contributed by atoms with Gasteiger partial charge in [-0.3, -0.25) is 0 Å². The number of nitrogen functional groups attached to an aromatic ring is 1. The molecule has 0 saturated carbocycles. The third-order valence-corrected chi connectivity index (χ3v) is 2.64. The normalized spacial score (nSPS) is 10.1. The molecule has 1 aromatic carbocycles. The first-order valence-corrected chi connectivity index (χ1v) is 5.37. The number of rotatable bonds is 3. The van der Waals surface area contributed by atoms with Crippen molar-refractivity contribution in [2.75, 3.05) is 17.7 Å². The Morgan fingerprint density at radius 3 is 2.61 bits per heavy atom. The Labute approximate surface area is 104 Å². The van der Waals surface area contributed by atoms with E-state index in [0.29, 0.717) is 5.82 Å². The van der Waals surface area contributed by atoms with Gasteiger partial charge in [0.25, 0.3) is 0 Å². The van der Waals surface area contributed by atoms with Crippen LogP contribution in [0.25, 0.3) is 0 Å². The molecule has 0 fully saturated rings. The highest BCUT2D eigenvalue weighted by Gasteiger charge is 2.12. The van der Waals surface area contributed by atoms with Gasteiger partial charge in [-0.2, -0.15) is 0 Å². The Morgan fingerprint density at radius 1 is 1.33 bits per heavy atom. The quantitative estimate of drug-likeness (QED) is 0.863. The molecule has 0 unspecified atom stereocenters. The molecular weight excluding hydrogens is 230 g/mol. The van der Waals surface area contributed by atoms with Gasteiger partial charge in [0.2, 0.25) is 0 Å². The Bertz CT molecular complexity index is 570. The van der Waals surface area contributed by atoms with Crippen LogP contribution in [0.4, 0.5) is 17.2 Å².